The van der Waals surface area contributed by atoms with E-state index in [1.165, 1.54) is 18.2 Å². The van der Waals surface area contributed by atoms with Crippen LogP contribution in [0.3, 0.4) is 0 Å². The first-order valence-electron chi connectivity index (χ1n) is 11.9. The Balaban J connectivity index is 0.00000267. The van der Waals surface area contributed by atoms with Gasteiger partial charge < -0.3 is 21.8 Å². The Hall–Kier alpha value is -2.69. The van der Waals surface area contributed by atoms with E-state index in [2.05, 4.69) is 34.9 Å². The summed E-state index contributed by atoms with van der Waals surface area (Å²) >= 11 is 0. The van der Waals surface area contributed by atoms with Crippen molar-refractivity contribution in [2.75, 3.05) is 23.9 Å². The van der Waals surface area contributed by atoms with Crippen LogP contribution in [-0.4, -0.2) is 43.9 Å². The van der Waals surface area contributed by atoms with E-state index in [4.69, 9.17) is 10.5 Å². The summed E-state index contributed by atoms with van der Waals surface area (Å²) < 4.78 is 46.7. The Morgan fingerprint density at radius 1 is 1.18 bits per heavy atom. The van der Waals surface area contributed by atoms with Gasteiger partial charge in [0.25, 0.3) is 0 Å². The first-order valence-corrected chi connectivity index (χ1v) is 17.5. The quantitative estimate of drug-likeness (QED) is 0.188. The first-order chi connectivity index (χ1) is 17.3. The number of nitrogens with two attached hydrogens (primary N) is 1. The molecule has 2 aromatic carbocycles. The fraction of sp³-hybridized carbons (Fsp3) is 0.308. The number of ether oxygens (including phenoxy) is 1. The number of nitrogens with one attached hydrogen (secondary N) is 1. The molecule has 8 nitrogen and oxygen atoms in total. The second-order valence-corrected chi connectivity index (χ2v) is 17.9. The summed E-state index contributed by atoms with van der Waals surface area (Å²) in [5.41, 5.74) is 10.1. The van der Waals surface area contributed by atoms with E-state index in [0.717, 1.165) is 34.3 Å². The number of halogens is 1. The van der Waals surface area contributed by atoms with Gasteiger partial charge in [0.15, 0.2) is 15.7 Å². The second-order valence-electron chi connectivity index (χ2n) is 10.3. The molecule has 0 aliphatic heterocycles. The Morgan fingerprint density at radius 2 is 1.89 bits per heavy atom. The van der Waals surface area contributed by atoms with E-state index in [1.807, 2.05) is 35.9 Å². The number of aryl methyl sites for hydroxylation is 1. The van der Waals surface area contributed by atoms with Gasteiger partial charge >= 0.3 is 18.9 Å². The van der Waals surface area contributed by atoms with Crippen LogP contribution in [-0.2, 0) is 21.3 Å². The van der Waals surface area contributed by atoms with Gasteiger partial charge in [-0.05, 0) is 36.7 Å². The summed E-state index contributed by atoms with van der Waals surface area (Å²) in [6.45, 7) is 9.85. The van der Waals surface area contributed by atoms with Gasteiger partial charge in [-0.3, -0.25) is 0 Å². The third kappa shape index (κ3) is 6.65. The van der Waals surface area contributed by atoms with Crippen molar-refractivity contribution in [3.63, 3.8) is 0 Å². The Bertz CT molecular complexity index is 1580. The van der Waals surface area contributed by atoms with Crippen molar-refractivity contribution in [1.29, 1.82) is 0 Å². The predicted octanol–water partition coefficient (Wildman–Crippen LogP) is 2.70. The number of fused-ring (bicyclic) bond motifs is 1. The van der Waals surface area contributed by atoms with Gasteiger partial charge in [-0.15, -0.1) is 0 Å². The maximum absolute atomic E-state index is 14.9. The van der Waals surface area contributed by atoms with Crippen molar-refractivity contribution in [2.24, 2.45) is 0 Å². The number of para-hydroxylation sites is 1. The standard InChI is InChI=1S/C26H32FN5O3SSi.Li.H/c1-17-14-29-26(30-21-10-7-11-22(23(21)27)36(2,33)34)31-24(17)19-15-32(16-35-12-13-37(3,4)5)25-18(19)8-6-9-20(25)28;;/h6-11,14-15H,12-13,16,28H2,1-5H3,(H,29,30,31);;/q;+1;-1. The fourth-order valence-electron chi connectivity index (χ4n) is 4.01. The number of aromatic nitrogens is 3. The van der Waals surface area contributed by atoms with Crippen molar-refractivity contribution in [1.82, 2.24) is 14.5 Å². The number of hydrogen-bond acceptors (Lipinski definition) is 7. The van der Waals surface area contributed by atoms with Gasteiger partial charge in [0.2, 0.25) is 5.95 Å². The summed E-state index contributed by atoms with van der Waals surface area (Å²) in [5.74, 6) is -0.739. The molecule has 0 aliphatic rings. The van der Waals surface area contributed by atoms with Gasteiger partial charge in [0.1, 0.15) is 11.6 Å². The molecule has 0 bridgehead atoms. The van der Waals surface area contributed by atoms with E-state index in [9.17, 15) is 12.8 Å². The normalized spacial score (nSPS) is 11.9. The molecule has 0 radical (unpaired) electrons. The van der Waals surface area contributed by atoms with Gasteiger partial charge in [-0.1, -0.05) is 37.8 Å². The van der Waals surface area contributed by atoms with Crippen molar-refractivity contribution in [3.8, 4) is 11.3 Å². The molecular weight excluding hydrogens is 516 g/mol. The first kappa shape index (κ1) is 29.9. The molecule has 0 atom stereocenters. The Labute approximate surface area is 237 Å². The molecule has 0 amide bonds. The molecule has 2 aromatic heterocycles. The van der Waals surface area contributed by atoms with Gasteiger partial charge in [0.05, 0.1) is 22.6 Å². The Kier molecular flexibility index (Phi) is 9.11. The number of benzene rings is 2. The Morgan fingerprint density at radius 3 is 2.58 bits per heavy atom. The third-order valence-electron chi connectivity index (χ3n) is 5.99. The molecule has 4 aromatic rings. The van der Waals surface area contributed by atoms with Crippen LogP contribution in [0.2, 0.25) is 25.7 Å². The average Bonchev–Trinajstić information content (AvgIpc) is 3.17. The monoisotopic (exact) mass is 549 g/mol. The summed E-state index contributed by atoms with van der Waals surface area (Å²) in [6.07, 6.45) is 4.56. The summed E-state index contributed by atoms with van der Waals surface area (Å²) in [6, 6.07) is 10.9. The van der Waals surface area contributed by atoms with Crippen LogP contribution in [0.5, 0.6) is 0 Å². The number of rotatable bonds is 9. The molecule has 4 rings (SSSR count). The van der Waals surface area contributed by atoms with Crippen LogP contribution >= 0.6 is 0 Å². The zero-order chi connectivity index (χ0) is 27.0. The van der Waals surface area contributed by atoms with Crippen molar-refractivity contribution in [2.45, 2.75) is 44.2 Å². The minimum absolute atomic E-state index is 0. The SMILES string of the molecule is Cc1cnc(Nc2cccc(S(C)(=O)=O)c2F)nc1-c1cn(COCC[Si](C)(C)C)c2c(N)cccc12.[H-].[Li+]. The molecule has 0 aliphatic carbocycles. The fourth-order valence-corrected chi connectivity index (χ4v) is 5.53. The van der Waals surface area contributed by atoms with E-state index in [-0.39, 0.29) is 31.9 Å². The summed E-state index contributed by atoms with van der Waals surface area (Å²) in [4.78, 5) is 8.56. The summed E-state index contributed by atoms with van der Waals surface area (Å²) in [5, 5.41) is 3.74. The minimum Gasteiger partial charge on any atom is -1.00 e. The second kappa shape index (κ2) is 11.6. The molecule has 12 heteroatoms. The molecule has 3 N–H and O–H groups in total. The van der Waals surface area contributed by atoms with Gasteiger partial charge in [0, 0.05) is 44.3 Å². The van der Waals surface area contributed by atoms with Gasteiger partial charge in [-0.2, -0.15) is 0 Å². The van der Waals surface area contributed by atoms with E-state index >= 15 is 0 Å². The van der Waals surface area contributed by atoms with Crippen LogP contribution in [0.1, 0.15) is 6.99 Å². The van der Waals surface area contributed by atoms with Crippen LogP contribution in [0, 0.1) is 12.7 Å². The third-order valence-corrected chi connectivity index (χ3v) is 8.81. The van der Waals surface area contributed by atoms with E-state index in [1.54, 1.807) is 6.20 Å². The average molecular weight is 550 g/mol. The zero-order valence-electron chi connectivity index (χ0n) is 23.7. The number of sulfone groups is 1. The number of nitrogens with zero attached hydrogens (tertiary/aromatic N) is 3. The molecule has 38 heavy (non-hydrogen) atoms. The maximum atomic E-state index is 14.9. The van der Waals surface area contributed by atoms with Crippen molar-refractivity contribution < 1.29 is 37.8 Å². The predicted molar refractivity (Wildman–Crippen MR) is 150 cm³/mol. The van der Waals surface area contributed by atoms with Crippen molar-refractivity contribution >= 4 is 46.1 Å². The molecule has 0 unspecified atom stereocenters. The molecule has 0 spiro atoms. The van der Waals surface area contributed by atoms with Gasteiger partial charge in [-0.25, -0.2) is 22.8 Å². The molecule has 0 saturated heterocycles. The minimum atomic E-state index is -3.73. The number of hydrogen-bond donors (Lipinski definition) is 2. The molecule has 2 heterocycles. The zero-order valence-corrected chi connectivity index (χ0v) is 24.5. The molecule has 198 valence electrons. The van der Waals surface area contributed by atoms with E-state index in [0.29, 0.717) is 24.7 Å². The molecular formula is C26H33FLiN5O3SSi. The van der Waals surface area contributed by atoms with Crippen LogP contribution < -0.4 is 29.9 Å². The number of anilines is 3. The van der Waals surface area contributed by atoms with Crippen LogP contribution in [0.4, 0.5) is 21.7 Å². The van der Waals surface area contributed by atoms with Crippen LogP contribution in [0.15, 0.2) is 53.7 Å². The number of nitrogen functional groups attached to an aromatic ring is 1. The smallest absolute Gasteiger partial charge is 1.00 e. The van der Waals surface area contributed by atoms with Crippen LogP contribution in [0.25, 0.3) is 22.2 Å². The molecule has 0 fully saturated rings. The topological polar surface area (TPSA) is 112 Å². The summed E-state index contributed by atoms with van der Waals surface area (Å²) in [7, 11) is -4.94. The molecule has 0 saturated carbocycles. The largest absolute Gasteiger partial charge is 1.00 e. The van der Waals surface area contributed by atoms with Crippen molar-refractivity contribution in [3.05, 3.63) is 60.2 Å². The van der Waals surface area contributed by atoms with E-state index < -0.39 is 28.6 Å². The maximum Gasteiger partial charge on any atom is 1.00 e.